The first-order valence-corrected chi connectivity index (χ1v) is 9.35. The lowest BCUT2D eigenvalue weighted by Crippen LogP contribution is -2.52. The van der Waals surface area contributed by atoms with Crippen LogP contribution in [0.4, 0.5) is 0 Å². The van der Waals surface area contributed by atoms with Gasteiger partial charge in [0.1, 0.15) is 0 Å². The lowest BCUT2D eigenvalue weighted by molar-refractivity contribution is -0.0724. The van der Waals surface area contributed by atoms with Crippen LogP contribution in [0, 0.1) is 0 Å². The fraction of sp³-hybridized carbons (Fsp3) is 0.765. The van der Waals surface area contributed by atoms with Gasteiger partial charge in [-0.2, -0.15) is 0 Å². The van der Waals surface area contributed by atoms with Gasteiger partial charge in [-0.3, -0.25) is 9.80 Å². The Morgan fingerprint density at radius 2 is 2.14 bits per heavy atom. The van der Waals surface area contributed by atoms with E-state index in [1.165, 1.54) is 37.4 Å². The number of thiophene rings is 1. The minimum absolute atomic E-state index is 0.434. The van der Waals surface area contributed by atoms with Gasteiger partial charge in [-0.15, -0.1) is 11.3 Å². The van der Waals surface area contributed by atoms with E-state index < -0.39 is 0 Å². The second-order valence-electron chi connectivity index (χ2n) is 6.75. The number of ether oxygens (including phenoxy) is 1. The Hall–Kier alpha value is -0.460. The Morgan fingerprint density at radius 1 is 1.27 bits per heavy atom. The summed E-state index contributed by atoms with van der Waals surface area (Å²) in [4.78, 5) is 9.04. The summed E-state index contributed by atoms with van der Waals surface area (Å²) < 4.78 is 6.10. The number of likely N-dealkylation sites (N-methyl/N-ethyl adjacent to an activating group) is 1. The zero-order chi connectivity index (χ0) is 15.4. The Balaban J connectivity index is 1.56. The van der Waals surface area contributed by atoms with Crippen molar-refractivity contribution < 1.29 is 4.74 Å². The molecule has 2 atom stereocenters. The molecule has 0 radical (unpaired) electrons. The molecular weight excluding hydrogens is 294 g/mol. The first-order chi connectivity index (χ1) is 10.7. The Kier molecular flexibility index (Phi) is 5.88. The summed E-state index contributed by atoms with van der Waals surface area (Å²) in [5, 5.41) is 2.18. The van der Waals surface area contributed by atoms with Crippen LogP contribution in [-0.4, -0.2) is 80.3 Å². The molecule has 0 aliphatic carbocycles. The van der Waals surface area contributed by atoms with E-state index in [0.717, 1.165) is 26.2 Å². The Morgan fingerprint density at radius 3 is 2.91 bits per heavy atom. The van der Waals surface area contributed by atoms with E-state index in [2.05, 4.69) is 46.3 Å². The SMILES string of the molecule is CN(C)CCN1CCOC2CCN(Cc3cccs3)CCC21. The number of nitrogens with zero attached hydrogens (tertiary/aromatic N) is 3. The second-order valence-corrected chi connectivity index (χ2v) is 7.78. The van der Waals surface area contributed by atoms with Crippen LogP contribution in [-0.2, 0) is 11.3 Å². The van der Waals surface area contributed by atoms with E-state index in [9.17, 15) is 0 Å². The highest BCUT2D eigenvalue weighted by Gasteiger charge is 2.34. The summed E-state index contributed by atoms with van der Waals surface area (Å²) in [5.41, 5.74) is 0. The molecule has 1 aromatic heterocycles. The molecule has 0 spiro atoms. The van der Waals surface area contributed by atoms with Crippen LogP contribution in [0.25, 0.3) is 0 Å². The topological polar surface area (TPSA) is 19.0 Å². The minimum atomic E-state index is 0.434. The van der Waals surface area contributed by atoms with Crippen molar-refractivity contribution in [1.29, 1.82) is 0 Å². The van der Waals surface area contributed by atoms with E-state index in [-0.39, 0.29) is 0 Å². The van der Waals surface area contributed by atoms with E-state index in [1.54, 1.807) is 0 Å². The maximum Gasteiger partial charge on any atom is 0.0743 e. The van der Waals surface area contributed by atoms with Gasteiger partial charge in [0.15, 0.2) is 0 Å². The minimum Gasteiger partial charge on any atom is -0.375 e. The first kappa shape index (κ1) is 16.4. The number of hydrogen-bond acceptors (Lipinski definition) is 5. The average Bonchev–Trinajstić information content (AvgIpc) is 2.92. The number of morpholine rings is 1. The summed E-state index contributed by atoms with van der Waals surface area (Å²) in [7, 11) is 4.32. The standard InChI is InChI=1S/C17H29N3OS/c1-18(2)9-10-20-11-12-21-17-6-8-19(7-5-16(17)20)14-15-4-3-13-22-15/h3-4,13,16-17H,5-12,14H2,1-2H3. The predicted octanol–water partition coefficient (Wildman–Crippen LogP) is 1.97. The van der Waals surface area contributed by atoms with Gasteiger partial charge in [-0.1, -0.05) is 6.07 Å². The van der Waals surface area contributed by atoms with Crippen molar-refractivity contribution in [2.75, 3.05) is 53.4 Å². The normalized spacial score (nSPS) is 27.8. The van der Waals surface area contributed by atoms with Crippen LogP contribution in [0.3, 0.4) is 0 Å². The Labute approximate surface area is 138 Å². The van der Waals surface area contributed by atoms with Gasteiger partial charge in [0, 0.05) is 50.2 Å². The number of fused-ring (bicyclic) bond motifs is 1. The molecule has 124 valence electrons. The second kappa shape index (κ2) is 7.88. The molecule has 3 rings (SSSR count). The van der Waals surface area contributed by atoms with Crippen molar-refractivity contribution in [1.82, 2.24) is 14.7 Å². The van der Waals surface area contributed by atoms with E-state index in [1.807, 2.05) is 11.3 Å². The van der Waals surface area contributed by atoms with Crippen molar-refractivity contribution in [2.24, 2.45) is 0 Å². The highest BCUT2D eigenvalue weighted by Crippen LogP contribution is 2.25. The molecule has 22 heavy (non-hydrogen) atoms. The van der Waals surface area contributed by atoms with Gasteiger partial charge < -0.3 is 9.64 Å². The van der Waals surface area contributed by atoms with Gasteiger partial charge in [0.2, 0.25) is 0 Å². The van der Waals surface area contributed by atoms with Crippen molar-refractivity contribution in [3.05, 3.63) is 22.4 Å². The first-order valence-electron chi connectivity index (χ1n) is 8.47. The lowest BCUT2D eigenvalue weighted by Gasteiger charge is -2.40. The van der Waals surface area contributed by atoms with Crippen molar-refractivity contribution in [3.63, 3.8) is 0 Å². The largest absolute Gasteiger partial charge is 0.375 e. The number of hydrogen-bond donors (Lipinski definition) is 0. The summed E-state index contributed by atoms with van der Waals surface area (Å²) >= 11 is 1.87. The van der Waals surface area contributed by atoms with E-state index >= 15 is 0 Å². The number of rotatable bonds is 5. The summed E-state index contributed by atoms with van der Waals surface area (Å²) in [6.45, 7) is 7.78. The molecule has 0 bridgehead atoms. The van der Waals surface area contributed by atoms with Crippen molar-refractivity contribution in [2.45, 2.75) is 31.5 Å². The van der Waals surface area contributed by atoms with Crippen molar-refractivity contribution >= 4 is 11.3 Å². The smallest absolute Gasteiger partial charge is 0.0743 e. The molecule has 3 heterocycles. The molecule has 0 N–H and O–H groups in total. The van der Waals surface area contributed by atoms with Gasteiger partial charge >= 0.3 is 0 Å². The molecule has 4 nitrogen and oxygen atoms in total. The molecule has 2 fully saturated rings. The van der Waals surface area contributed by atoms with Crippen LogP contribution < -0.4 is 0 Å². The molecule has 2 aliphatic heterocycles. The monoisotopic (exact) mass is 323 g/mol. The fourth-order valence-electron chi connectivity index (χ4n) is 3.60. The van der Waals surface area contributed by atoms with Crippen molar-refractivity contribution in [3.8, 4) is 0 Å². The maximum absolute atomic E-state index is 6.10. The molecule has 0 saturated carbocycles. The van der Waals surface area contributed by atoms with Crippen LogP contribution in [0.5, 0.6) is 0 Å². The zero-order valence-electron chi connectivity index (χ0n) is 13.9. The maximum atomic E-state index is 6.10. The summed E-state index contributed by atoms with van der Waals surface area (Å²) in [5.74, 6) is 0. The van der Waals surface area contributed by atoms with E-state index in [4.69, 9.17) is 4.74 Å². The summed E-state index contributed by atoms with van der Waals surface area (Å²) in [6.07, 6.45) is 2.85. The molecule has 2 unspecified atom stereocenters. The molecular formula is C17H29N3OS. The van der Waals surface area contributed by atoms with Gasteiger partial charge in [-0.25, -0.2) is 0 Å². The van der Waals surface area contributed by atoms with Gasteiger partial charge in [-0.05, 0) is 38.4 Å². The molecule has 2 saturated heterocycles. The van der Waals surface area contributed by atoms with Crippen LogP contribution in [0.2, 0.25) is 0 Å². The molecule has 0 aromatic carbocycles. The average molecular weight is 324 g/mol. The quantitative estimate of drug-likeness (QED) is 0.825. The Bertz CT molecular complexity index is 437. The van der Waals surface area contributed by atoms with Crippen LogP contribution in [0.1, 0.15) is 17.7 Å². The predicted molar refractivity (Wildman–Crippen MR) is 92.5 cm³/mol. The highest BCUT2D eigenvalue weighted by atomic mass is 32.1. The van der Waals surface area contributed by atoms with Crippen LogP contribution in [0.15, 0.2) is 17.5 Å². The third-order valence-corrected chi connectivity index (χ3v) is 5.73. The molecule has 0 amide bonds. The van der Waals surface area contributed by atoms with E-state index in [0.29, 0.717) is 12.1 Å². The van der Waals surface area contributed by atoms with Gasteiger partial charge in [0.25, 0.3) is 0 Å². The van der Waals surface area contributed by atoms with Crippen LogP contribution >= 0.6 is 11.3 Å². The van der Waals surface area contributed by atoms with Gasteiger partial charge in [0.05, 0.1) is 12.7 Å². The third kappa shape index (κ3) is 4.30. The third-order valence-electron chi connectivity index (χ3n) is 4.87. The molecule has 5 heteroatoms. The fourth-order valence-corrected chi connectivity index (χ4v) is 4.35. The lowest BCUT2D eigenvalue weighted by atomic mass is 10.0. The summed E-state index contributed by atoms with van der Waals surface area (Å²) in [6, 6.07) is 5.02. The molecule has 1 aromatic rings. The molecule has 2 aliphatic rings. The zero-order valence-corrected chi connectivity index (χ0v) is 14.7. The highest BCUT2D eigenvalue weighted by molar-refractivity contribution is 7.09. The number of likely N-dealkylation sites (tertiary alicyclic amines) is 1.